The molecule has 0 heterocycles. The van der Waals surface area contributed by atoms with Crippen molar-refractivity contribution >= 4 is 29.5 Å². The summed E-state index contributed by atoms with van der Waals surface area (Å²) in [5.41, 5.74) is 3.21. The molecule has 0 saturated heterocycles. The van der Waals surface area contributed by atoms with Crippen LogP contribution in [-0.4, -0.2) is 49.1 Å². The number of carbonyl (C=O) groups excluding carboxylic acids is 3. The molecular formula is C30H34N4O6. The van der Waals surface area contributed by atoms with Crippen molar-refractivity contribution in [3.63, 3.8) is 0 Å². The molecule has 1 atom stereocenters. The van der Waals surface area contributed by atoms with Gasteiger partial charge in [0.05, 0.1) is 31.8 Å². The Morgan fingerprint density at radius 3 is 2.17 bits per heavy atom. The van der Waals surface area contributed by atoms with Gasteiger partial charge in [-0.25, -0.2) is 4.79 Å². The van der Waals surface area contributed by atoms with Gasteiger partial charge in [0.15, 0.2) is 0 Å². The number of benzene rings is 3. The van der Waals surface area contributed by atoms with Gasteiger partial charge in [0.2, 0.25) is 11.8 Å². The molecule has 10 heteroatoms. The molecule has 0 aliphatic rings. The van der Waals surface area contributed by atoms with Crippen molar-refractivity contribution in [1.29, 1.82) is 0 Å². The maximum Gasteiger partial charge on any atom is 0.319 e. The molecule has 0 spiro atoms. The predicted molar refractivity (Wildman–Crippen MR) is 152 cm³/mol. The molecule has 0 saturated carbocycles. The lowest BCUT2D eigenvalue weighted by atomic mass is 9.99. The molecule has 40 heavy (non-hydrogen) atoms. The van der Waals surface area contributed by atoms with Gasteiger partial charge in [-0.2, -0.15) is 0 Å². The summed E-state index contributed by atoms with van der Waals surface area (Å²) in [4.78, 5) is 48.1. The molecule has 10 nitrogen and oxygen atoms in total. The van der Waals surface area contributed by atoms with E-state index < -0.39 is 17.9 Å². The van der Waals surface area contributed by atoms with Gasteiger partial charge in [-0.05, 0) is 41.7 Å². The quantitative estimate of drug-likeness (QED) is 0.193. The number of carboxylic acid groups (broad SMARTS) is 1. The number of para-hydroxylation sites is 2. The van der Waals surface area contributed by atoms with E-state index in [4.69, 9.17) is 4.74 Å². The first-order valence-corrected chi connectivity index (χ1v) is 13.0. The van der Waals surface area contributed by atoms with Gasteiger partial charge in [0, 0.05) is 13.0 Å². The van der Waals surface area contributed by atoms with Crippen molar-refractivity contribution < 1.29 is 29.0 Å². The average molecular weight is 547 g/mol. The van der Waals surface area contributed by atoms with Crippen molar-refractivity contribution in [2.75, 3.05) is 25.5 Å². The smallest absolute Gasteiger partial charge is 0.319 e. The van der Waals surface area contributed by atoms with Crippen molar-refractivity contribution in [3.05, 3.63) is 84.4 Å². The summed E-state index contributed by atoms with van der Waals surface area (Å²) in [5.74, 6) is -1.29. The SMILES string of the molecule is COc1ccccc1NC(=O)NCCCCC(=O)NCC(=O)NC(CC(=O)O)c1ccc(-c2ccccc2)cc1. The molecule has 0 aliphatic heterocycles. The number of hydrogen-bond acceptors (Lipinski definition) is 5. The minimum absolute atomic E-state index is 0.183. The van der Waals surface area contributed by atoms with Crippen LogP contribution in [-0.2, 0) is 14.4 Å². The first-order valence-electron chi connectivity index (χ1n) is 13.0. The molecule has 0 radical (unpaired) electrons. The van der Waals surface area contributed by atoms with Gasteiger partial charge in [0.1, 0.15) is 5.75 Å². The highest BCUT2D eigenvalue weighted by Crippen LogP contribution is 2.24. The number of nitrogens with one attached hydrogen (secondary N) is 4. The van der Waals surface area contributed by atoms with Crippen molar-refractivity contribution in [3.8, 4) is 16.9 Å². The highest BCUT2D eigenvalue weighted by Gasteiger charge is 2.18. The Morgan fingerprint density at radius 1 is 0.800 bits per heavy atom. The van der Waals surface area contributed by atoms with Gasteiger partial charge in [0.25, 0.3) is 0 Å². The Kier molecular flexibility index (Phi) is 11.5. The summed E-state index contributed by atoms with van der Waals surface area (Å²) in [6.07, 6.45) is 0.973. The number of carboxylic acids is 1. The first-order chi connectivity index (χ1) is 19.4. The van der Waals surface area contributed by atoms with Crippen LogP contribution < -0.4 is 26.0 Å². The summed E-state index contributed by atoms with van der Waals surface area (Å²) >= 11 is 0. The molecule has 4 amide bonds. The molecule has 0 bridgehead atoms. The standard InChI is InChI=1S/C30H34N4O6/c1-40-26-12-6-5-11-24(26)34-30(39)31-18-8-7-13-27(35)32-20-28(36)33-25(19-29(37)38)23-16-14-22(15-17-23)21-9-3-2-4-10-21/h2-6,9-12,14-17,25H,7-8,13,18-20H2,1H3,(H,32,35)(H,33,36)(H,37,38)(H2,31,34,39). The zero-order chi connectivity index (χ0) is 28.7. The van der Waals surface area contributed by atoms with Crippen LogP contribution in [0.3, 0.4) is 0 Å². The molecular weight excluding hydrogens is 512 g/mol. The highest BCUT2D eigenvalue weighted by molar-refractivity contribution is 5.90. The maximum atomic E-state index is 12.5. The molecule has 0 fully saturated rings. The first kappa shape index (κ1) is 29.7. The monoisotopic (exact) mass is 546 g/mol. The molecule has 1 unspecified atom stereocenters. The predicted octanol–water partition coefficient (Wildman–Crippen LogP) is 4.10. The normalized spacial score (nSPS) is 11.1. The lowest BCUT2D eigenvalue weighted by molar-refractivity contribution is -0.138. The third-order valence-corrected chi connectivity index (χ3v) is 6.05. The van der Waals surface area contributed by atoms with Gasteiger partial charge in [-0.15, -0.1) is 0 Å². The minimum Gasteiger partial charge on any atom is -0.495 e. The Morgan fingerprint density at radius 2 is 1.48 bits per heavy atom. The number of urea groups is 1. The van der Waals surface area contributed by atoms with E-state index in [9.17, 15) is 24.3 Å². The summed E-state index contributed by atoms with van der Waals surface area (Å²) < 4.78 is 5.19. The summed E-state index contributed by atoms with van der Waals surface area (Å²) in [7, 11) is 1.52. The van der Waals surface area contributed by atoms with E-state index in [-0.39, 0.29) is 31.3 Å². The van der Waals surface area contributed by atoms with Gasteiger partial charge in [-0.1, -0.05) is 66.7 Å². The molecule has 0 aliphatic carbocycles. The van der Waals surface area contributed by atoms with Crippen LogP contribution >= 0.6 is 0 Å². The second kappa shape index (κ2) is 15.5. The van der Waals surface area contributed by atoms with Crippen molar-refractivity contribution in [2.45, 2.75) is 31.7 Å². The van der Waals surface area contributed by atoms with E-state index in [2.05, 4.69) is 21.3 Å². The van der Waals surface area contributed by atoms with Crippen LogP contribution in [0.5, 0.6) is 5.75 Å². The summed E-state index contributed by atoms with van der Waals surface area (Å²) in [6.45, 7) is 0.102. The summed E-state index contributed by atoms with van der Waals surface area (Å²) in [6, 6.07) is 23.0. The van der Waals surface area contributed by atoms with Gasteiger partial charge < -0.3 is 31.1 Å². The zero-order valence-electron chi connectivity index (χ0n) is 22.3. The third kappa shape index (κ3) is 9.79. The third-order valence-electron chi connectivity index (χ3n) is 6.05. The Labute approximate surface area is 233 Å². The van der Waals surface area contributed by atoms with Crippen molar-refractivity contribution in [2.24, 2.45) is 0 Å². The van der Waals surface area contributed by atoms with Gasteiger partial charge >= 0.3 is 12.0 Å². The van der Waals surface area contributed by atoms with Crippen LogP contribution in [0.1, 0.15) is 37.3 Å². The topological polar surface area (TPSA) is 146 Å². The Balaban J connectivity index is 1.37. The number of methoxy groups -OCH3 is 1. The van der Waals surface area contributed by atoms with Crippen LogP contribution in [0.4, 0.5) is 10.5 Å². The summed E-state index contributed by atoms with van der Waals surface area (Å²) in [5, 5.41) is 20.0. The van der Waals surface area contributed by atoms with Crippen LogP contribution in [0.15, 0.2) is 78.9 Å². The molecule has 0 aromatic heterocycles. The fourth-order valence-electron chi connectivity index (χ4n) is 4.00. The van der Waals surface area contributed by atoms with E-state index in [1.54, 1.807) is 36.4 Å². The number of carbonyl (C=O) groups is 4. The molecule has 3 aromatic rings. The van der Waals surface area contributed by atoms with Gasteiger partial charge in [-0.3, -0.25) is 14.4 Å². The largest absolute Gasteiger partial charge is 0.495 e. The van der Waals surface area contributed by atoms with E-state index in [0.29, 0.717) is 36.4 Å². The van der Waals surface area contributed by atoms with Crippen LogP contribution in [0, 0.1) is 0 Å². The molecule has 5 N–H and O–H groups in total. The van der Waals surface area contributed by atoms with E-state index in [0.717, 1.165) is 11.1 Å². The average Bonchev–Trinajstić information content (AvgIpc) is 2.96. The maximum absolute atomic E-state index is 12.5. The second-order valence-corrected chi connectivity index (χ2v) is 9.02. The van der Waals surface area contributed by atoms with E-state index in [1.165, 1.54) is 7.11 Å². The van der Waals surface area contributed by atoms with E-state index in [1.807, 2.05) is 42.5 Å². The number of hydrogen-bond donors (Lipinski definition) is 5. The fraction of sp³-hybridized carbons (Fsp3) is 0.267. The number of rotatable bonds is 14. The van der Waals surface area contributed by atoms with Crippen LogP contribution in [0.2, 0.25) is 0 Å². The lowest BCUT2D eigenvalue weighted by Crippen LogP contribution is -2.39. The zero-order valence-corrected chi connectivity index (χ0v) is 22.3. The Hall–Kier alpha value is -4.86. The number of unbranched alkanes of at least 4 members (excludes halogenated alkanes) is 1. The molecule has 210 valence electrons. The fourth-order valence-corrected chi connectivity index (χ4v) is 4.00. The molecule has 3 aromatic carbocycles. The Bertz CT molecular complexity index is 1280. The number of ether oxygens (including phenoxy) is 1. The number of aliphatic carboxylic acids is 1. The lowest BCUT2D eigenvalue weighted by Gasteiger charge is -2.18. The van der Waals surface area contributed by atoms with Crippen LogP contribution in [0.25, 0.3) is 11.1 Å². The second-order valence-electron chi connectivity index (χ2n) is 9.02. The van der Waals surface area contributed by atoms with E-state index >= 15 is 0 Å². The molecule has 3 rings (SSSR count). The highest BCUT2D eigenvalue weighted by atomic mass is 16.5. The number of anilines is 1. The van der Waals surface area contributed by atoms with Crippen molar-refractivity contribution in [1.82, 2.24) is 16.0 Å². The number of amides is 4. The minimum atomic E-state index is -1.05.